The largest absolute Gasteiger partial charge is 0.462 e. The summed E-state index contributed by atoms with van der Waals surface area (Å²) in [6, 6.07) is -0.0499. The Labute approximate surface area is 210 Å². The fourth-order valence-electron chi connectivity index (χ4n) is 3.88. The Morgan fingerprint density at radius 3 is 2.74 bits per heavy atom. The van der Waals surface area contributed by atoms with E-state index in [2.05, 4.69) is 32.1 Å². The number of carbonyl (C=O) groups is 2. The van der Waals surface area contributed by atoms with Crippen molar-refractivity contribution in [3.8, 4) is 11.4 Å². The Morgan fingerprint density at radius 2 is 2.12 bits per heavy atom. The maximum Gasteiger partial charge on any atom is 0.350 e. The molecule has 1 saturated heterocycles. The molecule has 0 unspecified atom stereocenters. The van der Waals surface area contributed by atoms with Gasteiger partial charge in [-0.05, 0) is 26.2 Å². The number of aryl methyl sites for hydroxylation is 1. The molecule has 0 saturated carbocycles. The van der Waals surface area contributed by atoms with Crippen LogP contribution in [0.3, 0.4) is 0 Å². The molecule has 4 heterocycles. The van der Waals surface area contributed by atoms with Crippen molar-refractivity contribution in [1.82, 2.24) is 25.3 Å². The third kappa shape index (κ3) is 4.89. The van der Waals surface area contributed by atoms with Crippen LogP contribution in [0.25, 0.3) is 11.4 Å². The summed E-state index contributed by atoms with van der Waals surface area (Å²) >= 11 is 13.6. The van der Waals surface area contributed by atoms with Gasteiger partial charge in [-0.15, -0.1) is 0 Å². The van der Waals surface area contributed by atoms with Gasteiger partial charge in [-0.3, -0.25) is 14.8 Å². The van der Waals surface area contributed by atoms with Crippen molar-refractivity contribution in [3.63, 3.8) is 0 Å². The summed E-state index contributed by atoms with van der Waals surface area (Å²) in [5.74, 6) is -0.592. The van der Waals surface area contributed by atoms with Crippen molar-refractivity contribution in [1.29, 1.82) is 0 Å². The number of nitrogens with zero attached hydrogens (tertiary/aromatic N) is 4. The van der Waals surface area contributed by atoms with Crippen LogP contribution in [-0.2, 0) is 4.74 Å². The highest BCUT2D eigenvalue weighted by molar-refractivity contribution is 7.17. The van der Waals surface area contributed by atoms with Gasteiger partial charge in [-0.1, -0.05) is 41.5 Å². The van der Waals surface area contributed by atoms with Crippen LogP contribution < -0.4 is 10.2 Å². The summed E-state index contributed by atoms with van der Waals surface area (Å²) in [5.41, 5.74) is 1.90. The van der Waals surface area contributed by atoms with Gasteiger partial charge in [0.2, 0.25) is 0 Å². The molecule has 0 aliphatic carbocycles. The van der Waals surface area contributed by atoms with Gasteiger partial charge in [0.1, 0.15) is 22.0 Å². The van der Waals surface area contributed by atoms with E-state index in [0.717, 1.165) is 0 Å². The van der Waals surface area contributed by atoms with Crippen LogP contribution in [-0.4, -0.2) is 57.6 Å². The quantitative estimate of drug-likeness (QED) is 0.462. The summed E-state index contributed by atoms with van der Waals surface area (Å²) < 4.78 is 5.23. The molecule has 34 heavy (non-hydrogen) atoms. The van der Waals surface area contributed by atoms with E-state index in [1.165, 1.54) is 11.3 Å². The molecule has 12 heteroatoms. The Balaban J connectivity index is 1.50. The lowest BCUT2D eigenvalue weighted by Crippen LogP contribution is -2.50. The molecule has 1 fully saturated rings. The predicted molar refractivity (Wildman–Crippen MR) is 132 cm³/mol. The number of carbonyl (C=O) groups excluding carboxylic acids is 2. The standard InChI is InChI=1S/C22H24Cl2N6O3S/c1-4-33-21(32)19-17(14-9-25-6-7-26-14)29-22(34-19)30-8-5-13(11(2)10-30)28-20(31)18-16(24)15(23)12(3)27-18/h6-7,9,11,13,27H,4-5,8,10H2,1-3H3,(H,28,31)/t11-,13+/m0/s1. The molecule has 0 bridgehead atoms. The summed E-state index contributed by atoms with van der Waals surface area (Å²) in [6.07, 6.45) is 5.40. The molecule has 3 aromatic rings. The predicted octanol–water partition coefficient (Wildman–Crippen LogP) is 4.36. The number of amides is 1. The summed E-state index contributed by atoms with van der Waals surface area (Å²) in [4.78, 5) is 43.9. The average molecular weight is 523 g/mol. The van der Waals surface area contributed by atoms with Crippen LogP contribution in [0.1, 0.15) is 46.1 Å². The van der Waals surface area contributed by atoms with Gasteiger partial charge in [0.15, 0.2) is 5.13 Å². The number of ether oxygens (including phenoxy) is 1. The molecular formula is C22H24Cl2N6O3S. The van der Waals surface area contributed by atoms with Crippen LogP contribution in [0.2, 0.25) is 10.0 Å². The maximum atomic E-state index is 12.8. The molecular weight excluding hydrogens is 499 g/mol. The summed E-state index contributed by atoms with van der Waals surface area (Å²) in [6.45, 7) is 7.17. The summed E-state index contributed by atoms with van der Waals surface area (Å²) in [5, 5.41) is 4.36. The number of hydrogen-bond donors (Lipinski definition) is 2. The van der Waals surface area contributed by atoms with Crippen LogP contribution in [0, 0.1) is 12.8 Å². The minimum atomic E-state index is -0.432. The fraction of sp³-hybridized carbons (Fsp3) is 0.409. The van der Waals surface area contributed by atoms with Crippen LogP contribution >= 0.6 is 34.5 Å². The van der Waals surface area contributed by atoms with Gasteiger partial charge >= 0.3 is 5.97 Å². The van der Waals surface area contributed by atoms with E-state index in [1.54, 1.807) is 32.4 Å². The van der Waals surface area contributed by atoms with Crippen LogP contribution in [0.5, 0.6) is 0 Å². The molecule has 2 N–H and O–H groups in total. The lowest BCUT2D eigenvalue weighted by atomic mass is 9.94. The van der Waals surface area contributed by atoms with Crippen molar-refractivity contribution in [2.75, 3.05) is 24.6 Å². The molecule has 1 aliphatic rings. The SMILES string of the molecule is CCOC(=O)c1sc(N2CC[C@@H](NC(=O)c3[nH]c(C)c(Cl)c3Cl)[C@@H](C)C2)nc1-c1cnccn1. The number of aromatic amines is 1. The zero-order chi connectivity index (χ0) is 24.4. The third-order valence-electron chi connectivity index (χ3n) is 5.66. The third-order valence-corrected chi connectivity index (χ3v) is 7.70. The number of piperidine rings is 1. The second kappa shape index (κ2) is 10.3. The number of aromatic nitrogens is 4. The lowest BCUT2D eigenvalue weighted by molar-refractivity contribution is 0.0532. The van der Waals surface area contributed by atoms with E-state index < -0.39 is 5.97 Å². The summed E-state index contributed by atoms with van der Waals surface area (Å²) in [7, 11) is 0. The van der Waals surface area contributed by atoms with Gasteiger partial charge in [-0.25, -0.2) is 9.78 Å². The minimum Gasteiger partial charge on any atom is -0.462 e. The van der Waals surface area contributed by atoms with Crippen molar-refractivity contribution in [2.45, 2.75) is 33.2 Å². The number of esters is 1. The zero-order valence-electron chi connectivity index (χ0n) is 18.9. The molecule has 3 aromatic heterocycles. The number of rotatable bonds is 6. The van der Waals surface area contributed by atoms with Crippen molar-refractivity contribution < 1.29 is 14.3 Å². The van der Waals surface area contributed by atoms with E-state index in [9.17, 15) is 9.59 Å². The highest BCUT2D eigenvalue weighted by atomic mass is 35.5. The molecule has 2 atom stereocenters. The second-order valence-electron chi connectivity index (χ2n) is 8.03. The number of hydrogen-bond acceptors (Lipinski definition) is 8. The van der Waals surface area contributed by atoms with Gasteiger partial charge in [0.05, 0.1) is 22.8 Å². The highest BCUT2D eigenvalue weighted by Crippen LogP contribution is 2.35. The zero-order valence-corrected chi connectivity index (χ0v) is 21.2. The molecule has 0 radical (unpaired) electrons. The molecule has 1 aliphatic heterocycles. The first-order valence-electron chi connectivity index (χ1n) is 10.8. The number of nitrogens with one attached hydrogen (secondary N) is 2. The normalized spacial score (nSPS) is 18.1. The minimum absolute atomic E-state index is 0.0499. The van der Waals surface area contributed by atoms with Gasteiger partial charge in [0.25, 0.3) is 5.91 Å². The van der Waals surface area contributed by atoms with Gasteiger partial charge in [0, 0.05) is 37.2 Å². The Hall–Kier alpha value is -2.69. The first-order valence-corrected chi connectivity index (χ1v) is 12.4. The highest BCUT2D eigenvalue weighted by Gasteiger charge is 2.32. The second-order valence-corrected chi connectivity index (χ2v) is 9.76. The van der Waals surface area contributed by atoms with Crippen LogP contribution in [0.15, 0.2) is 18.6 Å². The van der Waals surface area contributed by atoms with E-state index in [-0.39, 0.29) is 35.2 Å². The van der Waals surface area contributed by atoms with E-state index in [1.807, 2.05) is 0 Å². The number of anilines is 1. The van der Waals surface area contributed by atoms with Crippen molar-refractivity contribution >= 4 is 51.5 Å². The maximum absolute atomic E-state index is 12.8. The van der Waals surface area contributed by atoms with Gasteiger partial charge in [-0.2, -0.15) is 0 Å². The molecule has 1 amide bonds. The van der Waals surface area contributed by atoms with Gasteiger partial charge < -0.3 is 19.9 Å². The Kier molecular flexibility index (Phi) is 7.39. The first-order chi connectivity index (χ1) is 16.3. The lowest BCUT2D eigenvalue weighted by Gasteiger charge is -2.37. The Morgan fingerprint density at radius 1 is 1.32 bits per heavy atom. The fourth-order valence-corrected chi connectivity index (χ4v) is 5.30. The Bertz CT molecular complexity index is 1200. The van der Waals surface area contributed by atoms with E-state index in [4.69, 9.17) is 32.9 Å². The smallest absolute Gasteiger partial charge is 0.350 e. The van der Waals surface area contributed by atoms with E-state index in [0.29, 0.717) is 51.6 Å². The monoisotopic (exact) mass is 522 g/mol. The number of H-pyrrole nitrogens is 1. The van der Waals surface area contributed by atoms with Crippen molar-refractivity contribution in [3.05, 3.63) is 44.9 Å². The topological polar surface area (TPSA) is 113 Å². The van der Waals surface area contributed by atoms with E-state index >= 15 is 0 Å². The molecule has 180 valence electrons. The molecule has 0 spiro atoms. The number of halogens is 2. The average Bonchev–Trinajstić information content (AvgIpc) is 3.39. The molecule has 9 nitrogen and oxygen atoms in total. The van der Waals surface area contributed by atoms with Crippen molar-refractivity contribution in [2.24, 2.45) is 5.92 Å². The number of thiazole rings is 1. The molecule has 4 rings (SSSR count). The van der Waals surface area contributed by atoms with Crippen LogP contribution in [0.4, 0.5) is 5.13 Å². The molecule has 0 aromatic carbocycles. The first kappa shape index (κ1) is 24.4.